The molecule has 56 valence electrons. The van der Waals surface area contributed by atoms with Gasteiger partial charge in [0.05, 0.1) is 18.7 Å². The Balaban J connectivity index is 0.000000500. The summed E-state index contributed by atoms with van der Waals surface area (Å²) in [6.45, 7) is 1.71. The van der Waals surface area contributed by atoms with Crippen molar-refractivity contribution in [2.75, 3.05) is 12.0 Å². The van der Waals surface area contributed by atoms with Crippen LogP contribution in [0.3, 0.4) is 0 Å². The van der Waals surface area contributed by atoms with Crippen LogP contribution in [0.2, 0.25) is 0 Å². The van der Waals surface area contributed by atoms with Crippen LogP contribution in [0.4, 0.5) is 5.82 Å². The molecule has 0 spiro atoms. The fourth-order valence-corrected chi connectivity index (χ4v) is 0.942. The Labute approximate surface area is 60.1 Å². The van der Waals surface area contributed by atoms with Crippen molar-refractivity contribution in [3.8, 4) is 0 Å². The van der Waals surface area contributed by atoms with Crippen molar-refractivity contribution in [3.05, 3.63) is 12.0 Å². The Hall–Kier alpha value is -1.03. The number of aromatic nitrogens is 2. The molecule has 0 aromatic carbocycles. The van der Waals surface area contributed by atoms with E-state index in [1.54, 1.807) is 6.33 Å². The third-order valence-corrected chi connectivity index (χ3v) is 1.40. The van der Waals surface area contributed by atoms with E-state index in [-0.39, 0.29) is 7.43 Å². The molecular weight excluding hydrogens is 128 g/mol. The van der Waals surface area contributed by atoms with Gasteiger partial charge >= 0.3 is 0 Å². The second-order valence-electron chi connectivity index (χ2n) is 2.01. The first kappa shape index (κ1) is 7.08. The van der Waals surface area contributed by atoms with Crippen molar-refractivity contribution in [1.29, 1.82) is 0 Å². The van der Waals surface area contributed by atoms with Crippen LogP contribution in [0, 0.1) is 0 Å². The summed E-state index contributed by atoms with van der Waals surface area (Å²) in [5.41, 5.74) is 1.14. The molecule has 2 rings (SSSR count). The van der Waals surface area contributed by atoms with Gasteiger partial charge in [-0.15, -0.1) is 0 Å². The summed E-state index contributed by atoms with van der Waals surface area (Å²) < 4.78 is 0. The van der Waals surface area contributed by atoms with E-state index >= 15 is 0 Å². The predicted molar refractivity (Wildman–Crippen MR) is 40.6 cm³/mol. The zero-order valence-electron chi connectivity index (χ0n) is 4.94. The zero-order chi connectivity index (χ0) is 6.10. The van der Waals surface area contributed by atoms with Crippen LogP contribution < -0.4 is 10.6 Å². The van der Waals surface area contributed by atoms with Crippen molar-refractivity contribution >= 4 is 5.82 Å². The van der Waals surface area contributed by atoms with Gasteiger partial charge in [0.25, 0.3) is 0 Å². The summed E-state index contributed by atoms with van der Waals surface area (Å²) in [6, 6.07) is 0. The Kier molecular flexibility index (Phi) is 1.91. The molecule has 1 aromatic rings. The van der Waals surface area contributed by atoms with E-state index in [1.807, 2.05) is 0 Å². The van der Waals surface area contributed by atoms with Crippen LogP contribution in [0.25, 0.3) is 0 Å². The van der Waals surface area contributed by atoms with Crippen LogP contribution in [-0.2, 0) is 6.54 Å². The van der Waals surface area contributed by atoms with E-state index in [4.69, 9.17) is 0 Å². The molecule has 4 heteroatoms. The Morgan fingerprint density at radius 1 is 1.50 bits per heavy atom. The minimum absolute atomic E-state index is 0. The van der Waals surface area contributed by atoms with Gasteiger partial charge in [-0.3, -0.25) is 5.32 Å². The highest BCUT2D eigenvalue weighted by atomic mass is 15.2. The van der Waals surface area contributed by atoms with Crippen LogP contribution in [0.15, 0.2) is 6.33 Å². The number of H-pyrrole nitrogens is 1. The van der Waals surface area contributed by atoms with Crippen molar-refractivity contribution in [2.45, 2.75) is 14.0 Å². The summed E-state index contributed by atoms with van der Waals surface area (Å²) in [7, 11) is 0. The van der Waals surface area contributed by atoms with Crippen LogP contribution >= 0.6 is 0 Å². The average molecular weight is 140 g/mol. The molecule has 0 radical (unpaired) electrons. The Morgan fingerprint density at radius 2 is 2.40 bits per heavy atom. The number of fused-ring (bicyclic) bond motifs is 1. The third-order valence-electron chi connectivity index (χ3n) is 1.40. The quantitative estimate of drug-likeness (QED) is 0.492. The minimum Gasteiger partial charge on any atom is -0.356 e. The highest BCUT2D eigenvalue weighted by Gasteiger charge is 2.07. The van der Waals surface area contributed by atoms with Crippen molar-refractivity contribution < 1.29 is 0 Å². The normalized spacial score (nSPS) is 14.8. The zero-order valence-corrected chi connectivity index (χ0v) is 4.94. The molecule has 1 aliphatic heterocycles. The van der Waals surface area contributed by atoms with Crippen LogP contribution in [0.1, 0.15) is 13.1 Å². The lowest BCUT2D eigenvalue weighted by Crippen LogP contribution is -2.27. The number of anilines is 1. The van der Waals surface area contributed by atoms with Gasteiger partial charge in [-0.1, -0.05) is 7.43 Å². The number of hydrogen-bond acceptors (Lipinski definition) is 3. The Bertz CT molecular complexity index is 185. The topological polar surface area (TPSA) is 52.7 Å². The van der Waals surface area contributed by atoms with E-state index in [0.717, 1.165) is 24.7 Å². The van der Waals surface area contributed by atoms with Gasteiger partial charge in [-0.05, 0) is 0 Å². The van der Waals surface area contributed by atoms with Gasteiger partial charge in [0, 0.05) is 6.54 Å². The van der Waals surface area contributed by atoms with E-state index in [0.29, 0.717) is 0 Å². The molecule has 1 aliphatic rings. The summed E-state index contributed by atoms with van der Waals surface area (Å²) in [5.74, 6) is 0.980. The van der Waals surface area contributed by atoms with Crippen LogP contribution in [0.5, 0.6) is 0 Å². The van der Waals surface area contributed by atoms with Gasteiger partial charge in [-0.2, -0.15) is 0 Å². The number of aromatic amines is 1. The number of nitrogens with zero attached hydrogens (tertiary/aromatic N) is 1. The molecule has 0 unspecified atom stereocenters. The van der Waals surface area contributed by atoms with E-state index in [1.165, 1.54) is 0 Å². The minimum atomic E-state index is 0. The van der Waals surface area contributed by atoms with Gasteiger partial charge in [0.1, 0.15) is 5.82 Å². The number of hydrogen-bond donors (Lipinski definition) is 3. The van der Waals surface area contributed by atoms with Gasteiger partial charge in [0.15, 0.2) is 0 Å². The van der Waals surface area contributed by atoms with Crippen molar-refractivity contribution in [1.82, 2.24) is 15.3 Å². The smallest absolute Gasteiger partial charge is 0.149 e. The molecular formula is C6H12N4. The first-order valence-electron chi connectivity index (χ1n) is 2.93. The second kappa shape index (κ2) is 2.70. The molecule has 3 N–H and O–H groups in total. The lowest BCUT2D eigenvalue weighted by Gasteiger charge is -2.12. The van der Waals surface area contributed by atoms with E-state index in [9.17, 15) is 0 Å². The summed E-state index contributed by atoms with van der Waals surface area (Å²) >= 11 is 0. The summed E-state index contributed by atoms with van der Waals surface area (Å²) in [5, 5.41) is 6.23. The maximum Gasteiger partial charge on any atom is 0.149 e. The SMILES string of the molecule is C.c1nc2c([nH]1)CNCN2. The molecule has 0 atom stereocenters. The van der Waals surface area contributed by atoms with Crippen molar-refractivity contribution in [3.63, 3.8) is 0 Å². The first-order valence-corrected chi connectivity index (χ1v) is 2.93. The maximum absolute atomic E-state index is 4.05. The molecule has 10 heavy (non-hydrogen) atoms. The number of nitrogens with one attached hydrogen (secondary N) is 3. The van der Waals surface area contributed by atoms with Gasteiger partial charge in [0.2, 0.25) is 0 Å². The Morgan fingerprint density at radius 3 is 3.20 bits per heavy atom. The summed E-state index contributed by atoms with van der Waals surface area (Å²) in [4.78, 5) is 7.07. The lowest BCUT2D eigenvalue weighted by atomic mass is 10.4. The number of imidazole rings is 1. The maximum atomic E-state index is 4.05. The molecule has 0 saturated carbocycles. The molecule has 0 amide bonds. The standard InChI is InChI=1S/C5H8N4.CH4/c1-4-5(8-2-6-1)9-3-7-4;/h3,6,8H,1-2H2,(H,7,9);1H4. The summed E-state index contributed by atoms with van der Waals surface area (Å²) in [6.07, 6.45) is 1.70. The highest BCUT2D eigenvalue weighted by molar-refractivity contribution is 5.41. The van der Waals surface area contributed by atoms with Gasteiger partial charge < -0.3 is 10.3 Å². The molecule has 1 aromatic heterocycles. The largest absolute Gasteiger partial charge is 0.356 e. The number of rotatable bonds is 0. The fourth-order valence-electron chi connectivity index (χ4n) is 0.942. The predicted octanol–water partition coefficient (Wildman–Crippen LogP) is 0.518. The second-order valence-corrected chi connectivity index (χ2v) is 2.01. The first-order chi connectivity index (χ1) is 4.47. The van der Waals surface area contributed by atoms with E-state index < -0.39 is 0 Å². The molecule has 2 heterocycles. The van der Waals surface area contributed by atoms with E-state index in [2.05, 4.69) is 20.6 Å². The fraction of sp³-hybridized carbons (Fsp3) is 0.500. The molecule has 4 nitrogen and oxygen atoms in total. The van der Waals surface area contributed by atoms with Crippen LogP contribution in [-0.4, -0.2) is 16.6 Å². The molecule has 0 bridgehead atoms. The van der Waals surface area contributed by atoms with Crippen molar-refractivity contribution in [2.24, 2.45) is 0 Å². The molecule has 0 fully saturated rings. The molecule has 0 aliphatic carbocycles. The monoisotopic (exact) mass is 140 g/mol. The third kappa shape index (κ3) is 0.974. The highest BCUT2D eigenvalue weighted by Crippen LogP contribution is 2.10. The molecule has 0 saturated heterocycles. The van der Waals surface area contributed by atoms with Gasteiger partial charge in [-0.25, -0.2) is 4.98 Å². The lowest BCUT2D eigenvalue weighted by molar-refractivity contribution is 0.694. The average Bonchev–Trinajstić information content (AvgIpc) is 2.33.